The molecular weight excluding hydrogens is 410 g/mol. The van der Waals surface area contributed by atoms with Crippen LogP contribution in [0.4, 0.5) is 5.00 Å². The zero-order valence-corrected chi connectivity index (χ0v) is 18.8. The van der Waals surface area contributed by atoms with Gasteiger partial charge in [-0.1, -0.05) is 42.0 Å². The molecule has 0 aliphatic carbocycles. The number of methoxy groups -OCH3 is 1. The van der Waals surface area contributed by atoms with Crippen LogP contribution in [-0.2, 0) is 9.53 Å². The van der Waals surface area contributed by atoms with Crippen LogP contribution in [0, 0.1) is 13.8 Å². The normalized spacial score (nSPS) is 10.8. The predicted molar refractivity (Wildman–Crippen MR) is 126 cm³/mol. The molecule has 160 valence electrons. The van der Waals surface area contributed by atoms with Gasteiger partial charge in [-0.2, -0.15) is 0 Å². The summed E-state index contributed by atoms with van der Waals surface area (Å²) in [6.45, 7) is 6.43. The Kier molecular flexibility index (Phi) is 7.26. The van der Waals surface area contributed by atoms with Crippen LogP contribution >= 0.6 is 11.3 Å². The van der Waals surface area contributed by atoms with Gasteiger partial charge in [0.1, 0.15) is 16.3 Å². The highest BCUT2D eigenvalue weighted by Crippen LogP contribution is 2.40. The van der Waals surface area contributed by atoms with Crippen LogP contribution in [0.3, 0.4) is 0 Å². The summed E-state index contributed by atoms with van der Waals surface area (Å²) >= 11 is 1.35. The first-order valence-electron chi connectivity index (χ1n) is 9.93. The van der Waals surface area contributed by atoms with E-state index in [-0.39, 0.29) is 5.91 Å². The van der Waals surface area contributed by atoms with Gasteiger partial charge in [-0.15, -0.1) is 11.3 Å². The molecule has 0 saturated carbocycles. The van der Waals surface area contributed by atoms with E-state index < -0.39 is 5.97 Å². The lowest BCUT2D eigenvalue weighted by Crippen LogP contribution is -2.11. The molecule has 1 heterocycles. The van der Waals surface area contributed by atoms with Gasteiger partial charge in [-0.25, -0.2) is 4.79 Å². The van der Waals surface area contributed by atoms with Crippen molar-refractivity contribution in [2.24, 2.45) is 0 Å². The first-order valence-corrected chi connectivity index (χ1v) is 10.7. The summed E-state index contributed by atoms with van der Waals surface area (Å²) in [7, 11) is 1.33. The number of nitrogens with one attached hydrogen (secondary N) is 1. The molecule has 0 bridgehead atoms. The van der Waals surface area contributed by atoms with Crippen LogP contribution in [-0.4, -0.2) is 25.6 Å². The number of benzene rings is 2. The SMILES string of the molecule is CCOc1ccc(-c2c(C)sc(NC(=O)/C=C/c3ccc(C)cc3)c2C(=O)OC)cc1. The Hall–Kier alpha value is -3.38. The van der Waals surface area contributed by atoms with E-state index in [0.29, 0.717) is 17.2 Å². The molecule has 0 radical (unpaired) electrons. The zero-order valence-electron chi connectivity index (χ0n) is 18.0. The summed E-state index contributed by atoms with van der Waals surface area (Å²) in [6.07, 6.45) is 3.19. The smallest absolute Gasteiger partial charge is 0.341 e. The Morgan fingerprint density at radius 2 is 1.71 bits per heavy atom. The highest BCUT2D eigenvalue weighted by atomic mass is 32.1. The van der Waals surface area contributed by atoms with E-state index in [1.54, 1.807) is 6.08 Å². The second-order valence-electron chi connectivity index (χ2n) is 6.92. The van der Waals surface area contributed by atoms with E-state index in [4.69, 9.17) is 9.47 Å². The fourth-order valence-corrected chi connectivity index (χ4v) is 4.23. The second-order valence-corrected chi connectivity index (χ2v) is 8.14. The maximum atomic E-state index is 12.6. The first kappa shape index (κ1) is 22.3. The Morgan fingerprint density at radius 3 is 2.32 bits per heavy atom. The minimum absolute atomic E-state index is 0.315. The van der Waals surface area contributed by atoms with Crippen LogP contribution in [0.2, 0.25) is 0 Å². The van der Waals surface area contributed by atoms with Crippen molar-refractivity contribution in [3.63, 3.8) is 0 Å². The fraction of sp³-hybridized carbons (Fsp3) is 0.200. The summed E-state index contributed by atoms with van der Waals surface area (Å²) < 4.78 is 10.5. The van der Waals surface area contributed by atoms with Crippen LogP contribution in [0.25, 0.3) is 17.2 Å². The van der Waals surface area contributed by atoms with Crippen LogP contribution in [0.1, 0.15) is 33.3 Å². The van der Waals surface area contributed by atoms with Crippen molar-refractivity contribution >= 4 is 34.3 Å². The lowest BCUT2D eigenvalue weighted by molar-refractivity contribution is -0.111. The van der Waals surface area contributed by atoms with Crippen molar-refractivity contribution in [2.75, 3.05) is 19.0 Å². The molecule has 0 spiro atoms. The van der Waals surface area contributed by atoms with E-state index in [0.717, 1.165) is 32.9 Å². The van der Waals surface area contributed by atoms with E-state index in [1.165, 1.54) is 24.5 Å². The molecule has 1 aromatic heterocycles. The minimum Gasteiger partial charge on any atom is -0.494 e. The largest absolute Gasteiger partial charge is 0.494 e. The lowest BCUT2D eigenvalue weighted by Gasteiger charge is -2.08. The number of hydrogen-bond acceptors (Lipinski definition) is 5. The standard InChI is InChI=1S/C25H25NO4S/c1-5-30-20-13-11-19(12-14-20)22-17(3)31-24(23(22)25(28)29-4)26-21(27)15-10-18-8-6-16(2)7-9-18/h6-15H,5H2,1-4H3,(H,26,27)/b15-10+. The average Bonchev–Trinajstić information content (AvgIpc) is 3.09. The van der Waals surface area contributed by atoms with Gasteiger partial charge in [0, 0.05) is 16.5 Å². The minimum atomic E-state index is -0.494. The highest BCUT2D eigenvalue weighted by Gasteiger charge is 2.24. The highest BCUT2D eigenvalue weighted by molar-refractivity contribution is 7.17. The Balaban J connectivity index is 1.90. The van der Waals surface area contributed by atoms with Crippen LogP contribution in [0.15, 0.2) is 54.6 Å². The van der Waals surface area contributed by atoms with Gasteiger partial charge >= 0.3 is 5.97 Å². The lowest BCUT2D eigenvalue weighted by atomic mass is 10.0. The van der Waals surface area contributed by atoms with Gasteiger partial charge in [-0.05, 0) is 50.1 Å². The number of anilines is 1. The van der Waals surface area contributed by atoms with Crippen molar-refractivity contribution in [3.05, 3.63) is 76.2 Å². The predicted octanol–water partition coefficient (Wildman–Crippen LogP) is 5.87. The quantitative estimate of drug-likeness (QED) is 0.372. The molecule has 3 aromatic rings. The van der Waals surface area contributed by atoms with E-state index in [9.17, 15) is 9.59 Å². The molecule has 1 N–H and O–H groups in total. The van der Waals surface area contributed by atoms with Gasteiger partial charge in [0.15, 0.2) is 0 Å². The molecule has 3 rings (SSSR count). The van der Waals surface area contributed by atoms with E-state index >= 15 is 0 Å². The zero-order chi connectivity index (χ0) is 22.4. The number of thiophene rings is 1. The third kappa shape index (κ3) is 5.41. The molecule has 0 saturated heterocycles. The molecule has 1 amide bonds. The second kappa shape index (κ2) is 10.1. The van der Waals surface area contributed by atoms with Crippen molar-refractivity contribution in [1.29, 1.82) is 0 Å². The summed E-state index contributed by atoms with van der Waals surface area (Å²) in [4.78, 5) is 26.0. The van der Waals surface area contributed by atoms with E-state index in [2.05, 4.69) is 5.32 Å². The summed E-state index contributed by atoms with van der Waals surface area (Å²) in [5.74, 6) is -0.0511. The molecule has 0 aliphatic heterocycles. The monoisotopic (exact) mass is 435 g/mol. The van der Waals surface area contributed by atoms with Gasteiger partial charge < -0.3 is 14.8 Å². The number of hydrogen-bond donors (Lipinski definition) is 1. The molecule has 0 atom stereocenters. The number of ether oxygens (including phenoxy) is 2. The van der Waals surface area contributed by atoms with Gasteiger partial charge in [0.25, 0.3) is 0 Å². The first-order chi connectivity index (χ1) is 14.9. The van der Waals surface area contributed by atoms with Crippen molar-refractivity contribution < 1.29 is 19.1 Å². The number of aryl methyl sites for hydroxylation is 2. The molecule has 5 nitrogen and oxygen atoms in total. The molecule has 0 unspecified atom stereocenters. The summed E-state index contributed by atoms with van der Waals surface area (Å²) in [6, 6.07) is 15.4. The van der Waals surface area contributed by atoms with Gasteiger partial charge in [0.2, 0.25) is 5.91 Å². The Bertz CT molecular complexity index is 1100. The van der Waals surface area contributed by atoms with Gasteiger partial charge in [-0.3, -0.25) is 4.79 Å². The molecular formula is C25H25NO4S. The molecule has 6 heteroatoms. The van der Waals surface area contributed by atoms with Crippen molar-refractivity contribution in [2.45, 2.75) is 20.8 Å². The molecule has 2 aromatic carbocycles. The van der Waals surface area contributed by atoms with E-state index in [1.807, 2.05) is 69.3 Å². The number of rotatable bonds is 7. The summed E-state index contributed by atoms with van der Waals surface area (Å²) in [5, 5.41) is 3.30. The fourth-order valence-electron chi connectivity index (χ4n) is 3.16. The van der Waals surface area contributed by atoms with Crippen LogP contribution in [0.5, 0.6) is 5.75 Å². The van der Waals surface area contributed by atoms with Crippen LogP contribution < -0.4 is 10.1 Å². The Morgan fingerprint density at radius 1 is 1.03 bits per heavy atom. The van der Waals surface area contributed by atoms with Crippen molar-refractivity contribution in [1.82, 2.24) is 0 Å². The summed E-state index contributed by atoms with van der Waals surface area (Å²) in [5.41, 5.74) is 4.03. The molecule has 0 fully saturated rings. The Labute approximate surface area is 186 Å². The maximum Gasteiger partial charge on any atom is 0.341 e. The topological polar surface area (TPSA) is 64.6 Å². The molecule has 31 heavy (non-hydrogen) atoms. The number of esters is 1. The number of amides is 1. The number of carbonyl (C=O) groups excluding carboxylic acids is 2. The molecule has 0 aliphatic rings. The number of carbonyl (C=O) groups is 2. The maximum absolute atomic E-state index is 12.6. The van der Waals surface area contributed by atoms with Crippen molar-refractivity contribution in [3.8, 4) is 16.9 Å². The van der Waals surface area contributed by atoms with Gasteiger partial charge in [0.05, 0.1) is 13.7 Å². The average molecular weight is 436 g/mol. The third-order valence-electron chi connectivity index (χ3n) is 4.67. The third-order valence-corrected chi connectivity index (χ3v) is 5.69.